The van der Waals surface area contributed by atoms with E-state index in [1.165, 1.54) is 22.3 Å². The molecule has 0 radical (unpaired) electrons. The summed E-state index contributed by atoms with van der Waals surface area (Å²) in [5.41, 5.74) is 11.7. The van der Waals surface area contributed by atoms with E-state index in [9.17, 15) is 0 Å². The molecule has 0 aliphatic carbocycles. The van der Waals surface area contributed by atoms with Crippen molar-refractivity contribution < 1.29 is 0 Å². The Morgan fingerprint density at radius 1 is 0.722 bits per heavy atom. The summed E-state index contributed by atoms with van der Waals surface area (Å²) >= 11 is 0. The lowest BCUT2D eigenvalue weighted by Crippen LogP contribution is -2.30. The Hall–Kier alpha value is -1.64. The lowest BCUT2D eigenvalue weighted by molar-refractivity contribution is 0.529. The van der Waals surface area contributed by atoms with Crippen LogP contribution in [0.4, 0.5) is 0 Å². The summed E-state index contributed by atoms with van der Waals surface area (Å²) in [6.07, 6.45) is 0. The zero-order valence-corrected chi connectivity index (χ0v) is 11.0. The van der Waals surface area contributed by atoms with E-state index in [0.717, 1.165) is 13.1 Å². The molecular weight excluding hydrogens is 220 g/mol. The van der Waals surface area contributed by atoms with Gasteiger partial charge >= 0.3 is 0 Å². The van der Waals surface area contributed by atoms with Gasteiger partial charge in [-0.25, -0.2) is 0 Å². The smallest absolute Gasteiger partial charge is 0.0351 e. The molecule has 0 saturated heterocycles. The first-order valence-corrected chi connectivity index (χ1v) is 6.31. The topological polar surface area (TPSA) is 24.1 Å². The van der Waals surface area contributed by atoms with Gasteiger partial charge in [0, 0.05) is 13.1 Å². The van der Waals surface area contributed by atoms with Gasteiger partial charge in [-0.2, -0.15) is 0 Å². The number of hydrogen-bond acceptors (Lipinski definition) is 2. The highest BCUT2D eigenvalue weighted by atomic mass is 15.3. The van der Waals surface area contributed by atoms with Crippen LogP contribution in [0.2, 0.25) is 0 Å². The first-order valence-electron chi connectivity index (χ1n) is 6.31. The van der Waals surface area contributed by atoms with Crippen LogP contribution in [0.3, 0.4) is 0 Å². The quantitative estimate of drug-likeness (QED) is 0.620. The third kappa shape index (κ3) is 3.99. The van der Waals surface area contributed by atoms with Crippen LogP contribution in [-0.2, 0) is 13.1 Å². The van der Waals surface area contributed by atoms with E-state index in [2.05, 4.69) is 73.2 Å². The molecule has 0 bridgehead atoms. The van der Waals surface area contributed by atoms with E-state index < -0.39 is 0 Å². The van der Waals surface area contributed by atoms with Crippen molar-refractivity contribution in [2.24, 2.45) is 0 Å². The van der Waals surface area contributed by atoms with Gasteiger partial charge in [-0.05, 0) is 25.0 Å². The molecule has 2 rings (SSSR count). The Bertz CT molecular complexity index is 489. The molecule has 94 valence electrons. The molecule has 0 fully saturated rings. The molecule has 2 heteroatoms. The van der Waals surface area contributed by atoms with Crippen molar-refractivity contribution in [3.8, 4) is 0 Å². The standard InChI is InChI=1S/C16H20N2/c1-13-6-8-15(9-7-13)11-17-18-12-16-5-3-4-14(2)10-16/h3-10,17-18H,11-12H2,1-2H3. The molecule has 2 N–H and O–H groups in total. The van der Waals surface area contributed by atoms with Crippen LogP contribution in [-0.4, -0.2) is 0 Å². The first-order chi connectivity index (χ1) is 8.74. The number of benzene rings is 2. The van der Waals surface area contributed by atoms with Gasteiger partial charge in [0.2, 0.25) is 0 Å². The Labute approximate surface area is 109 Å². The van der Waals surface area contributed by atoms with Crippen LogP contribution in [0, 0.1) is 13.8 Å². The fraction of sp³-hybridized carbons (Fsp3) is 0.250. The van der Waals surface area contributed by atoms with E-state index in [-0.39, 0.29) is 0 Å². The normalized spacial score (nSPS) is 10.6. The fourth-order valence-electron chi connectivity index (χ4n) is 1.86. The molecule has 2 aromatic carbocycles. The average Bonchev–Trinajstić information content (AvgIpc) is 2.37. The molecule has 0 heterocycles. The van der Waals surface area contributed by atoms with Crippen LogP contribution in [0.5, 0.6) is 0 Å². The lowest BCUT2D eigenvalue weighted by Gasteiger charge is -2.08. The van der Waals surface area contributed by atoms with Crippen LogP contribution in [0.15, 0.2) is 48.5 Å². The molecule has 0 atom stereocenters. The Balaban J connectivity index is 1.74. The van der Waals surface area contributed by atoms with Gasteiger partial charge in [0.05, 0.1) is 0 Å². The monoisotopic (exact) mass is 240 g/mol. The Morgan fingerprint density at radius 3 is 2.06 bits per heavy atom. The first kappa shape index (κ1) is 12.8. The molecule has 0 spiro atoms. The van der Waals surface area contributed by atoms with Crippen molar-refractivity contribution in [2.75, 3.05) is 0 Å². The molecule has 0 aliphatic heterocycles. The molecule has 2 nitrogen and oxygen atoms in total. The van der Waals surface area contributed by atoms with Crippen LogP contribution < -0.4 is 10.9 Å². The van der Waals surface area contributed by atoms with Gasteiger partial charge in [-0.3, -0.25) is 10.9 Å². The van der Waals surface area contributed by atoms with Crippen molar-refractivity contribution in [3.05, 3.63) is 70.8 Å². The number of rotatable bonds is 5. The minimum atomic E-state index is 0.839. The molecule has 2 aromatic rings. The van der Waals surface area contributed by atoms with Crippen molar-refractivity contribution in [1.29, 1.82) is 0 Å². The number of hydrazine groups is 1. The third-order valence-corrected chi connectivity index (χ3v) is 2.91. The van der Waals surface area contributed by atoms with Crippen molar-refractivity contribution >= 4 is 0 Å². The summed E-state index contributed by atoms with van der Waals surface area (Å²) in [6, 6.07) is 17.1. The lowest BCUT2D eigenvalue weighted by atomic mass is 10.1. The summed E-state index contributed by atoms with van der Waals surface area (Å²) in [6.45, 7) is 5.90. The maximum absolute atomic E-state index is 3.24. The molecule has 0 saturated carbocycles. The van der Waals surface area contributed by atoms with Crippen LogP contribution in [0.1, 0.15) is 22.3 Å². The average molecular weight is 240 g/mol. The SMILES string of the molecule is Cc1ccc(CNNCc2cccc(C)c2)cc1. The maximum Gasteiger partial charge on any atom is 0.0351 e. The second-order valence-corrected chi connectivity index (χ2v) is 4.68. The minimum Gasteiger partial charge on any atom is -0.253 e. The Kier molecular flexibility index (Phi) is 4.51. The van der Waals surface area contributed by atoms with Crippen LogP contribution >= 0.6 is 0 Å². The van der Waals surface area contributed by atoms with Crippen molar-refractivity contribution in [3.63, 3.8) is 0 Å². The second-order valence-electron chi connectivity index (χ2n) is 4.68. The summed E-state index contributed by atoms with van der Waals surface area (Å²) in [7, 11) is 0. The summed E-state index contributed by atoms with van der Waals surface area (Å²) in [5.74, 6) is 0. The zero-order valence-electron chi connectivity index (χ0n) is 11.0. The van der Waals surface area contributed by atoms with E-state index in [0.29, 0.717) is 0 Å². The van der Waals surface area contributed by atoms with Crippen molar-refractivity contribution in [2.45, 2.75) is 26.9 Å². The largest absolute Gasteiger partial charge is 0.253 e. The summed E-state index contributed by atoms with van der Waals surface area (Å²) in [4.78, 5) is 0. The van der Waals surface area contributed by atoms with E-state index in [4.69, 9.17) is 0 Å². The third-order valence-electron chi connectivity index (χ3n) is 2.91. The fourth-order valence-corrected chi connectivity index (χ4v) is 1.86. The van der Waals surface area contributed by atoms with E-state index in [1.54, 1.807) is 0 Å². The maximum atomic E-state index is 3.24. The number of nitrogens with one attached hydrogen (secondary N) is 2. The van der Waals surface area contributed by atoms with Gasteiger partial charge < -0.3 is 0 Å². The van der Waals surface area contributed by atoms with Gasteiger partial charge in [0.1, 0.15) is 0 Å². The van der Waals surface area contributed by atoms with E-state index >= 15 is 0 Å². The van der Waals surface area contributed by atoms with Gasteiger partial charge in [0.15, 0.2) is 0 Å². The summed E-state index contributed by atoms with van der Waals surface area (Å²) in [5, 5.41) is 0. The highest BCUT2D eigenvalue weighted by Crippen LogP contribution is 2.04. The highest BCUT2D eigenvalue weighted by molar-refractivity contribution is 5.22. The minimum absolute atomic E-state index is 0.839. The van der Waals surface area contributed by atoms with Gasteiger partial charge in [0.25, 0.3) is 0 Å². The predicted molar refractivity (Wildman–Crippen MR) is 76.0 cm³/mol. The number of hydrogen-bond donors (Lipinski definition) is 2. The van der Waals surface area contributed by atoms with Gasteiger partial charge in [-0.1, -0.05) is 59.7 Å². The molecule has 0 amide bonds. The summed E-state index contributed by atoms with van der Waals surface area (Å²) < 4.78 is 0. The van der Waals surface area contributed by atoms with Crippen LogP contribution in [0.25, 0.3) is 0 Å². The molecule has 0 aromatic heterocycles. The Morgan fingerprint density at radius 2 is 1.39 bits per heavy atom. The van der Waals surface area contributed by atoms with Crippen molar-refractivity contribution in [1.82, 2.24) is 10.9 Å². The number of aryl methyl sites for hydroxylation is 2. The predicted octanol–water partition coefficient (Wildman–Crippen LogP) is 3.10. The molecular formula is C16H20N2. The van der Waals surface area contributed by atoms with E-state index in [1.807, 2.05) is 0 Å². The molecule has 18 heavy (non-hydrogen) atoms. The second kappa shape index (κ2) is 6.34. The highest BCUT2D eigenvalue weighted by Gasteiger charge is 1.94. The van der Waals surface area contributed by atoms with Gasteiger partial charge in [-0.15, -0.1) is 0 Å². The zero-order chi connectivity index (χ0) is 12.8. The molecule has 0 aliphatic rings. The molecule has 0 unspecified atom stereocenters.